The Balaban J connectivity index is 2.95. The summed E-state index contributed by atoms with van der Waals surface area (Å²) in [6.07, 6.45) is 1.61. The van der Waals surface area contributed by atoms with Crippen molar-refractivity contribution in [2.75, 3.05) is 13.7 Å². The minimum absolute atomic E-state index is 0.0779. The number of esters is 1. The molecule has 0 saturated heterocycles. The topological polar surface area (TPSA) is 61.5 Å². The first kappa shape index (κ1) is 16.0. The van der Waals surface area contributed by atoms with Crippen LogP contribution in [-0.4, -0.2) is 25.7 Å². The van der Waals surface area contributed by atoms with Gasteiger partial charge in [-0.2, -0.15) is 0 Å². The number of carbonyl (C=O) groups is 1. The van der Waals surface area contributed by atoms with E-state index < -0.39 is 5.97 Å². The molecule has 1 aromatic carbocycles. The van der Waals surface area contributed by atoms with Crippen LogP contribution >= 0.6 is 15.9 Å². The first-order chi connectivity index (χ1) is 8.97. The van der Waals surface area contributed by atoms with E-state index in [0.717, 1.165) is 27.8 Å². The quantitative estimate of drug-likeness (QED) is 0.815. The average Bonchev–Trinajstić information content (AvgIpc) is 2.36. The van der Waals surface area contributed by atoms with Crippen LogP contribution in [0.25, 0.3) is 0 Å². The third-order valence-electron chi connectivity index (χ3n) is 2.88. The summed E-state index contributed by atoms with van der Waals surface area (Å²) in [5, 5.41) is 0. The predicted octanol–water partition coefficient (Wildman–Crippen LogP) is 2.59. The summed E-state index contributed by atoms with van der Waals surface area (Å²) in [6.45, 7) is 3.90. The van der Waals surface area contributed by atoms with Gasteiger partial charge in [0, 0.05) is 10.5 Å². The summed E-state index contributed by atoms with van der Waals surface area (Å²) >= 11 is 3.46. The monoisotopic (exact) mass is 329 g/mol. The molecule has 0 aliphatic rings. The van der Waals surface area contributed by atoms with Crippen LogP contribution in [0.15, 0.2) is 16.6 Å². The van der Waals surface area contributed by atoms with Gasteiger partial charge in [-0.3, -0.25) is 0 Å². The summed E-state index contributed by atoms with van der Waals surface area (Å²) < 4.78 is 11.1. The molecular weight excluding hydrogens is 310 g/mol. The highest BCUT2D eigenvalue weighted by atomic mass is 79.9. The molecule has 1 aromatic rings. The molecule has 19 heavy (non-hydrogen) atoms. The summed E-state index contributed by atoms with van der Waals surface area (Å²) in [4.78, 5) is 11.2. The van der Waals surface area contributed by atoms with E-state index in [9.17, 15) is 4.79 Å². The molecule has 0 aliphatic heterocycles. The van der Waals surface area contributed by atoms with Gasteiger partial charge >= 0.3 is 5.97 Å². The second-order valence-corrected chi connectivity index (χ2v) is 5.36. The Morgan fingerprint density at radius 1 is 1.47 bits per heavy atom. The van der Waals surface area contributed by atoms with Gasteiger partial charge in [-0.1, -0.05) is 22.9 Å². The minimum atomic E-state index is -0.395. The van der Waals surface area contributed by atoms with E-state index in [1.165, 1.54) is 7.11 Å². The number of carbonyl (C=O) groups excluding carboxylic acids is 1. The Morgan fingerprint density at radius 2 is 2.16 bits per heavy atom. The Morgan fingerprint density at radius 3 is 2.74 bits per heavy atom. The molecule has 0 aromatic heterocycles. The summed E-state index contributed by atoms with van der Waals surface area (Å²) in [7, 11) is 1.34. The number of aryl methyl sites for hydroxylation is 1. The molecule has 0 aliphatic carbocycles. The number of nitrogens with two attached hydrogens (primary N) is 1. The van der Waals surface area contributed by atoms with Crippen LogP contribution in [0, 0.1) is 6.92 Å². The third kappa shape index (κ3) is 4.84. The van der Waals surface area contributed by atoms with Gasteiger partial charge in [0.05, 0.1) is 7.11 Å². The van der Waals surface area contributed by atoms with Gasteiger partial charge in [0.15, 0.2) is 6.61 Å². The van der Waals surface area contributed by atoms with Crippen molar-refractivity contribution in [1.82, 2.24) is 0 Å². The fraction of sp³-hybridized carbons (Fsp3) is 0.500. The first-order valence-electron chi connectivity index (χ1n) is 6.22. The fourth-order valence-corrected chi connectivity index (χ4v) is 2.39. The molecule has 0 bridgehead atoms. The molecule has 1 rings (SSSR count). The number of ether oxygens (including phenoxy) is 2. The number of rotatable bonds is 6. The predicted molar refractivity (Wildman–Crippen MR) is 78.4 cm³/mol. The molecule has 1 atom stereocenters. The van der Waals surface area contributed by atoms with Gasteiger partial charge in [0.1, 0.15) is 5.75 Å². The largest absolute Gasteiger partial charge is 0.481 e. The molecule has 106 valence electrons. The Hall–Kier alpha value is -1.07. The van der Waals surface area contributed by atoms with Gasteiger partial charge < -0.3 is 15.2 Å². The van der Waals surface area contributed by atoms with Crippen molar-refractivity contribution in [3.05, 3.63) is 27.7 Å². The average molecular weight is 330 g/mol. The maximum absolute atomic E-state index is 11.2. The zero-order chi connectivity index (χ0) is 14.4. The van der Waals surface area contributed by atoms with Crippen molar-refractivity contribution in [3.8, 4) is 5.75 Å². The number of hydrogen-bond acceptors (Lipinski definition) is 4. The highest BCUT2D eigenvalue weighted by Crippen LogP contribution is 2.29. The van der Waals surface area contributed by atoms with Crippen LogP contribution < -0.4 is 10.5 Å². The summed E-state index contributed by atoms with van der Waals surface area (Å²) in [5.74, 6) is 0.325. The van der Waals surface area contributed by atoms with Crippen molar-refractivity contribution < 1.29 is 14.3 Å². The summed E-state index contributed by atoms with van der Waals surface area (Å²) in [5.41, 5.74) is 7.97. The van der Waals surface area contributed by atoms with Gasteiger partial charge in [0.25, 0.3) is 0 Å². The van der Waals surface area contributed by atoms with E-state index in [4.69, 9.17) is 10.5 Å². The highest BCUT2D eigenvalue weighted by molar-refractivity contribution is 9.10. The summed E-state index contributed by atoms with van der Waals surface area (Å²) in [6, 6.07) is 4.01. The van der Waals surface area contributed by atoms with E-state index >= 15 is 0 Å². The van der Waals surface area contributed by atoms with E-state index in [2.05, 4.69) is 20.7 Å². The van der Waals surface area contributed by atoms with Crippen molar-refractivity contribution in [3.63, 3.8) is 0 Å². The zero-order valence-electron chi connectivity index (χ0n) is 11.5. The van der Waals surface area contributed by atoms with Crippen LogP contribution in [0.3, 0.4) is 0 Å². The zero-order valence-corrected chi connectivity index (χ0v) is 13.1. The highest BCUT2D eigenvalue weighted by Gasteiger charge is 2.13. The SMILES string of the molecule is CCC(N)Cc1cc(Br)cc(C)c1OCC(=O)OC. The molecular formula is C14H20BrNO3. The lowest BCUT2D eigenvalue weighted by atomic mass is 10.0. The van der Waals surface area contributed by atoms with Crippen molar-refractivity contribution in [1.29, 1.82) is 0 Å². The van der Waals surface area contributed by atoms with E-state index in [0.29, 0.717) is 6.42 Å². The Labute approximate surface area is 122 Å². The number of halogens is 1. The molecule has 5 heteroatoms. The van der Waals surface area contributed by atoms with Gasteiger partial charge in [0.2, 0.25) is 0 Å². The molecule has 4 nitrogen and oxygen atoms in total. The lowest BCUT2D eigenvalue weighted by Crippen LogP contribution is -2.22. The normalized spacial score (nSPS) is 12.1. The van der Waals surface area contributed by atoms with Crippen LogP contribution in [0.5, 0.6) is 5.75 Å². The number of benzene rings is 1. The minimum Gasteiger partial charge on any atom is -0.481 e. The maximum atomic E-state index is 11.2. The van der Waals surface area contributed by atoms with Crippen molar-refractivity contribution in [2.45, 2.75) is 32.7 Å². The molecule has 0 saturated carbocycles. The first-order valence-corrected chi connectivity index (χ1v) is 7.01. The molecule has 2 N–H and O–H groups in total. The van der Waals surface area contributed by atoms with Crippen molar-refractivity contribution >= 4 is 21.9 Å². The smallest absolute Gasteiger partial charge is 0.343 e. The van der Waals surface area contributed by atoms with Crippen LogP contribution in [0.2, 0.25) is 0 Å². The third-order valence-corrected chi connectivity index (χ3v) is 3.34. The second-order valence-electron chi connectivity index (χ2n) is 4.45. The fourth-order valence-electron chi connectivity index (χ4n) is 1.77. The molecule has 0 radical (unpaired) electrons. The molecule has 0 fully saturated rings. The van der Waals surface area contributed by atoms with Crippen LogP contribution in [0.1, 0.15) is 24.5 Å². The molecule has 1 unspecified atom stereocenters. The Kier molecular flexibility index (Phi) is 6.31. The molecule has 0 spiro atoms. The van der Waals surface area contributed by atoms with Gasteiger partial charge in [-0.25, -0.2) is 4.79 Å². The lowest BCUT2D eigenvalue weighted by molar-refractivity contribution is -0.142. The number of methoxy groups -OCH3 is 1. The molecule has 0 amide bonds. The van der Waals surface area contributed by atoms with Crippen LogP contribution in [-0.2, 0) is 16.0 Å². The standard InChI is InChI=1S/C14H20BrNO3/c1-4-12(16)7-10-6-11(15)5-9(2)14(10)19-8-13(17)18-3/h5-6,12H,4,7-8,16H2,1-3H3. The maximum Gasteiger partial charge on any atom is 0.343 e. The number of hydrogen-bond donors (Lipinski definition) is 1. The molecule has 0 heterocycles. The van der Waals surface area contributed by atoms with E-state index in [1.807, 2.05) is 26.0 Å². The van der Waals surface area contributed by atoms with Crippen LogP contribution in [0.4, 0.5) is 0 Å². The van der Waals surface area contributed by atoms with E-state index in [-0.39, 0.29) is 12.6 Å². The lowest BCUT2D eigenvalue weighted by Gasteiger charge is -2.16. The van der Waals surface area contributed by atoms with Gasteiger partial charge in [-0.05, 0) is 43.0 Å². The van der Waals surface area contributed by atoms with Gasteiger partial charge in [-0.15, -0.1) is 0 Å². The second kappa shape index (κ2) is 7.50. The van der Waals surface area contributed by atoms with E-state index in [1.54, 1.807) is 0 Å². The van der Waals surface area contributed by atoms with Crippen molar-refractivity contribution in [2.24, 2.45) is 5.73 Å². The Bertz CT molecular complexity index is 449.